The summed E-state index contributed by atoms with van der Waals surface area (Å²) in [5, 5.41) is 0.928. The summed E-state index contributed by atoms with van der Waals surface area (Å²) < 4.78 is 26.6. The van der Waals surface area contributed by atoms with Crippen LogP contribution in [-0.2, 0) is 6.42 Å². The van der Waals surface area contributed by atoms with Crippen LogP contribution in [0.25, 0.3) is 0 Å². The molecule has 0 saturated carbocycles. The lowest BCUT2D eigenvalue weighted by atomic mass is 10.0. The second kappa shape index (κ2) is 5.12. The van der Waals surface area contributed by atoms with Gasteiger partial charge in [0.2, 0.25) is 0 Å². The Morgan fingerprint density at radius 1 is 1.33 bits per heavy atom. The maximum Gasteiger partial charge on any atom is 0.162 e. The molecule has 0 amide bonds. The van der Waals surface area contributed by atoms with E-state index in [1.165, 1.54) is 17.4 Å². The summed E-state index contributed by atoms with van der Waals surface area (Å²) in [7, 11) is 0. The first-order chi connectivity index (χ1) is 8.49. The molecule has 18 heavy (non-hydrogen) atoms. The van der Waals surface area contributed by atoms with Crippen LogP contribution in [0.2, 0.25) is 0 Å². The van der Waals surface area contributed by atoms with Crippen LogP contribution in [0, 0.1) is 25.5 Å². The first-order valence-electron chi connectivity index (χ1n) is 5.61. The summed E-state index contributed by atoms with van der Waals surface area (Å²) in [6, 6.07) is 3.80. The van der Waals surface area contributed by atoms with Crippen molar-refractivity contribution < 1.29 is 8.78 Å². The van der Waals surface area contributed by atoms with E-state index in [1.807, 2.05) is 13.8 Å². The Morgan fingerprint density at radius 2 is 2.06 bits per heavy atom. The summed E-state index contributed by atoms with van der Waals surface area (Å²) in [6.07, 6.45) is 0.270. The Labute approximate surface area is 108 Å². The third kappa shape index (κ3) is 2.57. The molecule has 0 aliphatic rings. The van der Waals surface area contributed by atoms with E-state index in [1.54, 1.807) is 6.07 Å². The molecule has 0 radical (unpaired) electrons. The number of nitrogens with zero attached hydrogens (tertiary/aromatic N) is 1. The lowest BCUT2D eigenvalue weighted by Gasteiger charge is -2.11. The van der Waals surface area contributed by atoms with Crippen LogP contribution in [0.3, 0.4) is 0 Å². The topological polar surface area (TPSA) is 38.9 Å². The van der Waals surface area contributed by atoms with Crippen molar-refractivity contribution in [3.63, 3.8) is 0 Å². The van der Waals surface area contributed by atoms with Gasteiger partial charge in [-0.3, -0.25) is 0 Å². The fraction of sp³-hybridized carbons (Fsp3) is 0.308. The van der Waals surface area contributed by atoms with E-state index in [2.05, 4.69) is 4.98 Å². The Bertz CT molecular complexity index is 566. The summed E-state index contributed by atoms with van der Waals surface area (Å²) in [5.41, 5.74) is 7.20. The van der Waals surface area contributed by atoms with Gasteiger partial charge in [0.25, 0.3) is 0 Å². The monoisotopic (exact) mass is 268 g/mol. The number of aromatic nitrogens is 1. The van der Waals surface area contributed by atoms with Gasteiger partial charge in [0.15, 0.2) is 11.6 Å². The van der Waals surface area contributed by atoms with E-state index in [9.17, 15) is 8.78 Å². The number of thiazole rings is 1. The van der Waals surface area contributed by atoms with Gasteiger partial charge < -0.3 is 5.73 Å². The molecular formula is C13H14F2N2S. The van der Waals surface area contributed by atoms with Crippen molar-refractivity contribution in [1.29, 1.82) is 0 Å². The number of hydrogen-bond donors (Lipinski definition) is 1. The standard InChI is InChI=1S/C13H14F2N2S/c1-7-13(18-8(2)17-7)11(16)6-9-4-3-5-10(14)12(9)15/h3-5,11H,6,16H2,1-2H3. The Hall–Kier alpha value is -1.33. The van der Waals surface area contributed by atoms with Gasteiger partial charge in [-0.2, -0.15) is 0 Å². The molecule has 2 nitrogen and oxygen atoms in total. The molecule has 2 N–H and O–H groups in total. The third-order valence-corrected chi connectivity index (χ3v) is 3.95. The van der Waals surface area contributed by atoms with Crippen molar-refractivity contribution in [3.05, 3.63) is 51.0 Å². The number of aryl methyl sites for hydroxylation is 2. The van der Waals surface area contributed by atoms with Crippen molar-refractivity contribution >= 4 is 11.3 Å². The molecular weight excluding hydrogens is 254 g/mol. The van der Waals surface area contributed by atoms with E-state index in [0.29, 0.717) is 5.56 Å². The Balaban J connectivity index is 2.24. The highest BCUT2D eigenvalue weighted by atomic mass is 32.1. The molecule has 1 unspecified atom stereocenters. The van der Waals surface area contributed by atoms with Crippen molar-refractivity contribution in [2.24, 2.45) is 5.73 Å². The van der Waals surface area contributed by atoms with Gasteiger partial charge in [-0.25, -0.2) is 13.8 Å². The maximum absolute atomic E-state index is 13.5. The van der Waals surface area contributed by atoms with Crippen LogP contribution < -0.4 is 5.73 Å². The van der Waals surface area contributed by atoms with Crippen molar-refractivity contribution in [1.82, 2.24) is 4.98 Å². The Morgan fingerprint density at radius 3 is 2.67 bits per heavy atom. The average Bonchev–Trinajstić information content (AvgIpc) is 2.64. The predicted molar refractivity (Wildman–Crippen MR) is 68.6 cm³/mol. The predicted octanol–water partition coefficient (Wildman–Crippen LogP) is 3.28. The fourth-order valence-electron chi connectivity index (χ4n) is 1.93. The molecule has 0 bridgehead atoms. The molecule has 0 aliphatic carbocycles. The van der Waals surface area contributed by atoms with Gasteiger partial charge in [-0.1, -0.05) is 12.1 Å². The largest absolute Gasteiger partial charge is 0.323 e. The summed E-state index contributed by atoms with van der Waals surface area (Å²) in [6.45, 7) is 3.78. The molecule has 0 fully saturated rings. The van der Waals surface area contributed by atoms with Gasteiger partial charge in [-0.05, 0) is 31.9 Å². The maximum atomic E-state index is 13.5. The molecule has 5 heteroatoms. The SMILES string of the molecule is Cc1nc(C)c(C(N)Cc2cccc(F)c2F)s1. The second-order valence-electron chi connectivity index (χ2n) is 4.21. The minimum atomic E-state index is -0.836. The van der Waals surface area contributed by atoms with Crippen LogP contribution in [0.15, 0.2) is 18.2 Å². The van der Waals surface area contributed by atoms with E-state index >= 15 is 0 Å². The molecule has 1 heterocycles. The van der Waals surface area contributed by atoms with Gasteiger partial charge >= 0.3 is 0 Å². The molecule has 1 atom stereocenters. The molecule has 1 aromatic carbocycles. The summed E-state index contributed by atoms with van der Waals surface area (Å²) in [5.74, 6) is -1.65. The Kier molecular flexibility index (Phi) is 3.73. The molecule has 0 aliphatic heterocycles. The second-order valence-corrected chi connectivity index (χ2v) is 5.44. The normalized spacial score (nSPS) is 12.7. The number of halogens is 2. The summed E-state index contributed by atoms with van der Waals surface area (Å²) >= 11 is 1.50. The van der Waals surface area contributed by atoms with Crippen molar-refractivity contribution in [2.75, 3.05) is 0 Å². The van der Waals surface area contributed by atoms with Crippen molar-refractivity contribution in [2.45, 2.75) is 26.3 Å². The van der Waals surface area contributed by atoms with Crippen LogP contribution in [-0.4, -0.2) is 4.98 Å². The minimum absolute atomic E-state index is 0.270. The van der Waals surface area contributed by atoms with Gasteiger partial charge in [0, 0.05) is 10.9 Å². The van der Waals surface area contributed by atoms with Crippen molar-refractivity contribution in [3.8, 4) is 0 Å². The highest BCUT2D eigenvalue weighted by Gasteiger charge is 2.17. The van der Waals surface area contributed by atoms with Crippen LogP contribution in [0.5, 0.6) is 0 Å². The van der Waals surface area contributed by atoms with E-state index in [-0.39, 0.29) is 12.5 Å². The number of nitrogens with two attached hydrogens (primary N) is 1. The van der Waals surface area contributed by atoms with Crippen LogP contribution in [0.1, 0.15) is 27.2 Å². The summed E-state index contributed by atoms with van der Waals surface area (Å²) in [4.78, 5) is 5.21. The van der Waals surface area contributed by atoms with E-state index in [4.69, 9.17) is 5.73 Å². The quantitative estimate of drug-likeness (QED) is 0.927. The smallest absolute Gasteiger partial charge is 0.162 e. The molecule has 96 valence electrons. The number of benzene rings is 1. The van der Waals surface area contributed by atoms with E-state index < -0.39 is 11.6 Å². The fourth-order valence-corrected chi connectivity index (χ4v) is 2.86. The third-order valence-electron chi connectivity index (χ3n) is 2.75. The number of rotatable bonds is 3. The van der Waals surface area contributed by atoms with Gasteiger partial charge in [0.1, 0.15) is 0 Å². The highest BCUT2D eigenvalue weighted by molar-refractivity contribution is 7.11. The molecule has 0 saturated heterocycles. The highest BCUT2D eigenvalue weighted by Crippen LogP contribution is 2.26. The van der Waals surface area contributed by atoms with Crippen LogP contribution >= 0.6 is 11.3 Å². The van der Waals surface area contributed by atoms with Gasteiger partial charge in [0.05, 0.1) is 10.7 Å². The number of hydrogen-bond acceptors (Lipinski definition) is 3. The molecule has 2 aromatic rings. The minimum Gasteiger partial charge on any atom is -0.323 e. The zero-order chi connectivity index (χ0) is 13.3. The van der Waals surface area contributed by atoms with E-state index in [0.717, 1.165) is 21.6 Å². The average molecular weight is 268 g/mol. The van der Waals surface area contributed by atoms with Crippen LogP contribution in [0.4, 0.5) is 8.78 Å². The molecule has 2 rings (SSSR count). The zero-order valence-corrected chi connectivity index (χ0v) is 11.0. The molecule has 0 spiro atoms. The first-order valence-corrected chi connectivity index (χ1v) is 6.43. The molecule has 1 aromatic heterocycles. The lowest BCUT2D eigenvalue weighted by Crippen LogP contribution is -2.14. The van der Waals surface area contributed by atoms with Gasteiger partial charge in [-0.15, -0.1) is 11.3 Å². The zero-order valence-electron chi connectivity index (χ0n) is 10.2. The first kappa shape index (κ1) is 13.1. The lowest BCUT2D eigenvalue weighted by molar-refractivity contribution is 0.494.